The molecule has 1 unspecified atom stereocenters. The van der Waals surface area contributed by atoms with Crippen LogP contribution in [0.15, 0.2) is 6.07 Å². The van der Waals surface area contributed by atoms with Crippen LogP contribution < -0.4 is 0 Å². The number of piperidine rings is 1. The van der Waals surface area contributed by atoms with Crippen molar-refractivity contribution in [1.82, 2.24) is 15.1 Å². The fraction of sp³-hybridized carbons (Fsp3) is 0.636. The van der Waals surface area contributed by atoms with Gasteiger partial charge in [-0.1, -0.05) is 29.6 Å². The van der Waals surface area contributed by atoms with E-state index in [0.29, 0.717) is 11.1 Å². The van der Waals surface area contributed by atoms with Crippen molar-refractivity contribution >= 4 is 23.2 Å². The summed E-state index contributed by atoms with van der Waals surface area (Å²) in [6, 6.07) is 2.37. The third kappa shape index (κ3) is 2.84. The van der Waals surface area contributed by atoms with Crippen LogP contribution in [-0.2, 0) is 6.42 Å². The van der Waals surface area contributed by atoms with Crippen molar-refractivity contribution < 1.29 is 0 Å². The molecule has 0 aromatic carbocycles. The molecule has 0 N–H and O–H groups in total. The second-order valence-electron chi connectivity index (χ2n) is 4.31. The summed E-state index contributed by atoms with van der Waals surface area (Å²) in [6.45, 7) is 1.17. The van der Waals surface area contributed by atoms with Crippen molar-refractivity contribution in [3.8, 4) is 0 Å². The van der Waals surface area contributed by atoms with Gasteiger partial charge >= 0.3 is 0 Å². The van der Waals surface area contributed by atoms with Crippen molar-refractivity contribution in [3.63, 3.8) is 0 Å². The highest BCUT2D eigenvalue weighted by Gasteiger charge is 2.20. The summed E-state index contributed by atoms with van der Waals surface area (Å²) in [4.78, 5) is 2.38. The Morgan fingerprint density at radius 1 is 1.38 bits per heavy atom. The van der Waals surface area contributed by atoms with E-state index in [2.05, 4.69) is 22.1 Å². The lowest BCUT2D eigenvalue weighted by atomic mass is 9.99. The van der Waals surface area contributed by atoms with Crippen LogP contribution in [0.3, 0.4) is 0 Å². The molecule has 0 spiro atoms. The van der Waals surface area contributed by atoms with Gasteiger partial charge < -0.3 is 4.90 Å². The molecule has 5 heteroatoms. The molecular formula is C11H15Cl2N3. The standard InChI is InChI=1S/C11H15Cl2N3/c1-16-5-3-2-4-9(16)6-8-7-10(12)11(13)15-14-8/h7,9H,2-6H2,1H3. The molecule has 88 valence electrons. The molecule has 1 atom stereocenters. The zero-order chi connectivity index (χ0) is 11.5. The Bertz CT molecular complexity index is 370. The van der Waals surface area contributed by atoms with E-state index in [4.69, 9.17) is 23.2 Å². The Hall–Kier alpha value is -0.380. The van der Waals surface area contributed by atoms with E-state index in [1.807, 2.05) is 6.07 Å². The van der Waals surface area contributed by atoms with E-state index in [0.717, 1.165) is 12.1 Å². The second-order valence-corrected chi connectivity index (χ2v) is 5.07. The van der Waals surface area contributed by atoms with Crippen LogP contribution >= 0.6 is 23.2 Å². The minimum Gasteiger partial charge on any atom is -0.303 e. The maximum absolute atomic E-state index is 5.92. The molecule has 0 bridgehead atoms. The molecule has 3 nitrogen and oxygen atoms in total. The number of halogens is 2. The van der Waals surface area contributed by atoms with E-state index >= 15 is 0 Å². The molecule has 16 heavy (non-hydrogen) atoms. The predicted octanol–water partition coefficient (Wildman–Crippen LogP) is 2.81. The normalized spacial score (nSPS) is 22.3. The van der Waals surface area contributed by atoms with E-state index < -0.39 is 0 Å². The maximum atomic E-state index is 5.92. The molecule has 2 rings (SSSR count). The fourth-order valence-corrected chi connectivity index (χ4v) is 2.39. The van der Waals surface area contributed by atoms with Gasteiger partial charge in [-0.15, -0.1) is 5.10 Å². The van der Waals surface area contributed by atoms with Crippen molar-refractivity contribution in [2.75, 3.05) is 13.6 Å². The summed E-state index contributed by atoms with van der Waals surface area (Å²) < 4.78 is 0. The Morgan fingerprint density at radius 2 is 2.19 bits per heavy atom. The molecule has 2 heterocycles. The van der Waals surface area contributed by atoms with Crippen molar-refractivity contribution in [2.45, 2.75) is 31.7 Å². The van der Waals surface area contributed by atoms with E-state index in [1.54, 1.807) is 0 Å². The van der Waals surface area contributed by atoms with E-state index in [1.165, 1.54) is 25.8 Å². The van der Waals surface area contributed by atoms with Crippen molar-refractivity contribution in [3.05, 3.63) is 21.9 Å². The average Bonchev–Trinajstić information content (AvgIpc) is 2.27. The van der Waals surface area contributed by atoms with Gasteiger partial charge in [0.05, 0.1) is 10.7 Å². The zero-order valence-corrected chi connectivity index (χ0v) is 10.8. The highest BCUT2D eigenvalue weighted by atomic mass is 35.5. The highest BCUT2D eigenvalue weighted by Crippen LogP contribution is 2.22. The summed E-state index contributed by atoms with van der Waals surface area (Å²) in [5.41, 5.74) is 0.924. The summed E-state index contributed by atoms with van der Waals surface area (Å²) in [6.07, 6.45) is 4.71. The van der Waals surface area contributed by atoms with E-state index in [-0.39, 0.29) is 5.15 Å². The molecule has 1 aliphatic rings. The van der Waals surface area contributed by atoms with Gasteiger partial charge in [0.25, 0.3) is 0 Å². The van der Waals surface area contributed by atoms with Gasteiger partial charge in [0.15, 0.2) is 5.15 Å². The van der Waals surface area contributed by atoms with E-state index in [9.17, 15) is 0 Å². The van der Waals surface area contributed by atoms with Crippen LogP contribution in [0.2, 0.25) is 10.2 Å². The molecule has 0 amide bonds. The van der Waals surface area contributed by atoms with Crippen molar-refractivity contribution in [1.29, 1.82) is 0 Å². The third-order valence-corrected chi connectivity index (χ3v) is 3.79. The van der Waals surface area contributed by atoms with Gasteiger partial charge in [-0.25, -0.2) is 0 Å². The Morgan fingerprint density at radius 3 is 2.88 bits per heavy atom. The Kier molecular flexibility index (Phi) is 4.00. The summed E-state index contributed by atoms with van der Waals surface area (Å²) in [5.74, 6) is 0. The second kappa shape index (κ2) is 5.30. The summed E-state index contributed by atoms with van der Waals surface area (Å²) in [5, 5.41) is 8.68. The number of aromatic nitrogens is 2. The highest BCUT2D eigenvalue weighted by molar-refractivity contribution is 6.41. The van der Waals surface area contributed by atoms with Crippen LogP contribution in [0.5, 0.6) is 0 Å². The lowest BCUT2D eigenvalue weighted by Gasteiger charge is -2.32. The molecule has 0 radical (unpaired) electrons. The minimum absolute atomic E-state index is 0.280. The molecular weight excluding hydrogens is 245 g/mol. The van der Waals surface area contributed by atoms with Crippen LogP contribution in [0, 0.1) is 0 Å². The fourth-order valence-electron chi connectivity index (χ4n) is 2.13. The van der Waals surface area contributed by atoms with Crippen molar-refractivity contribution in [2.24, 2.45) is 0 Å². The van der Waals surface area contributed by atoms with Gasteiger partial charge in [0.2, 0.25) is 0 Å². The maximum Gasteiger partial charge on any atom is 0.170 e. The summed E-state index contributed by atoms with van der Waals surface area (Å²) >= 11 is 11.7. The number of likely N-dealkylation sites (tertiary alicyclic amines) is 1. The predicted molar refractivity (Wildman–Crippen MR) is 66.0 cm³/mol. The van der Waals surface area contributed by atoms with Gasteiger partial charge in [-0.3, -0.25) is 0 Å². The van der Waals surface area contributed by atoms with Gasteiger partial charge in [-0.2, -0.15) is 5.10 Å². The number of likely N-dealkylation sites (N-methyl/N-ethyl adjacent to an activating group) is 1. The minimum atomic E-state index is 0.280. The largest absolute Gasteiger partial charge is 0.303 e. The third-order valence-electron chi connectivity index (χ3n) is 3.12. The number of nitrogens with zero attached hydrogens (tertiary/aromatic N) is 3. The van der Waals surface area contributed by atoms with Crippen LogP contribution in [0.4, 0.5) is 0 Å². The molecule has 1 aliphatic heterocycles. The first-order chi connectivity index (χ1) is 7.66. The zero-order valence-electron chi connectivity index (χ0n) is 9.29. The molecule has 1 aromatic heterocycles. The van der Waals surface area contributed by atoms with Crippen LogP contribution in [-0.4, -0.2) is 34.7 Å². The first-order valence-corrected chi connectivity index (χ1v) is 6.30. The molecule has 1 fully saturated rings. The first-order valence-electron chi connectivity index (χ1n) is 5.54. The van der Waals surface area contributed by atoms with Gasteiger partial charge in [0.1, 0.15) is 0 Å². The van der Waals surface area contributed by atoms with Gasteiger partial charge in [-0.05, 0) is 32.5 Å². The molecule has 0 aliphatic carbocycles. The average molecular weight is 260 g/mol. The topological polar surface area (TPSA) is 29.0 Å². The lowest BCUT2D eigenvalue weighted by Crippen LogP contribution is -2.37. The van der Waals surface area contributed by atoms with Crippen LogP contribution in [0.1, 0.15) is 25.0 Å². The molecule has 1 aromatic rings. The Labute approximate surface area is 106 Å². The summed E-state index contributed by atoms with van der Waals surface area (Å²) in [7, 11) is 2.16. The smallest absolute Gasteiger partial charge is 0.170 e. The first kappa shape index (κ1) is 12.1. The number of hydrogen-bond donors (Lipinski definition) is 0. The Balaban J connectivity index is 2.05. The number of rotatable bonds is 2. The number of hydrogen-bond acceptors (Lipinski definition) is 3. The SMILES string of the molecule is CN1CCCCC1Cc1cc(Cl)c(Cl)nn1. The molecule has 1 saturated heterocycles. The molecule has 0 saturated carbocycles. The van der Waals surface area contributed by atoms with Gasteiger partial charge in [0, 0.05) is 12.5 Å². The quantitative estimate of drug-likeness (QED) is 0.818. The van der Waals surface area contributed by atoms with Crippen LogP contribution in [0.25, 0.3) is 0 Å². The lowest BCUT2D eigenvalue weighted by molar-refractivity contribution is 0.183. The monoisotopic (exact) mass is 259 g/mol.